The maximum absolute atomic E-state index is 11.7. The lowest BCUT2D eigenvalue weighted by Crippen LogP contribution is -2.33. The van der Waals surface area contributed by atoms with E-state index >= 15 is 0 Å². The summed E-state index contributed by atoms with van der Waals surface area (Å²) in [5.74, 6) is -0.786. The molecule has 0 aliphatic carbocycles. The van der Waals surface area contributed by atoms with Gasteiger partial charge in [-0.05, 0) is 9.91 Å². The van der Waals surface area contributed by atoms with Crippen molar-refractivity contribution < 1.29 is 25.0 Å². The molecule has 0 spiro atoms. The number of aromatic amines is 1. The van der Waals surface area contributed by atoms with Crippen molar-refractivity contribution in [1.29, 1.82) is 0 Å². The van der Waals surface area contributed by atoms with E-state index in [0.717, 1.165) is 10.9 Å². The van der Waals surface area contributed by atoms with E-state index in [4.69, 9.17) is 9.84 Å². The molecule has 3 rings (SSSR count). The number of aromatic nitrogens is 4. The molecule has 118 valence electrons. The second kappa shape index (κ2) is 5.10. The summed E-state index contributed by atoms with van der Waals surface area (Å²) in [5, 5.41) is 39.5. The number of nitrogens with zero attached hydrogens (tertiary/aromatic N) is 4. The lowest BCUT2D eigenvalue weighted by Gasteiger charge is -2.15. The number of aliphatic hydroxyl groups is 3. The molecule has 12 nitrogen and oxygen atoms in total. The number of ether oxygens (including phenoxy) is 1. The summed E-state index contributed by atoms with van der Waals surface area (Å²) in [6, 6.07) is 0. The average molecular weight is 313 g/mol. The minimum absolute atomic E-state index is 0.176. The van der Waals surface area contributed by atoms with Crippen LogP contribution in [-0.2, 0) is 4.74 Å². The van der Waals surface area contributed by atoms with Crippen molar-refractivity contribution in [2.45, 2.75) is 24.5 Å². The van der Waals surface area contributed by atoms with Crippen LogP contribution in [0.2, 0.25) is 0 Å². The number of aliphatic hydroxyl groups excluding tert-OH is 3. The van der Waals surface area contributed by atoms with Gasteiger partial charge < -0.3 is 30.2 Å². The second-order valence-corrected chi connectivity index (χ2v) is 4.70. The zero-order chi connectivity index (χ0) is 16.0. The van der Waals surface area contributed by atoms with E-state index in [1.807, 2.05) is 4.98 Å². The first-order valence-electron chi connectivity index (χ1n) is 6.17. The van der Waals surface area contributed by atoms with Crippen LogP contribution in [0.5, 0.6) is 0 Å². The number of nitrogens with one attached hydrogen (secondary N) is 1. The first-order chi connectivity index (χ1) is 10.4. The smallest absolute Gasteiger partial charge is 0.394 e. The molecule has 0 amide bonds. The maximum Gasteiger partial charge on any atom is 0.437 e. The molecule has 2 unspecified atom stereocenters. The lowest BCUT2D eigenvalue weighted by molar-refractivity contribution is -0.394. The van der Waals surface area contributed by atoms with Gasteiger partial charge in [-0.2, -0.15) is 0 Å². The minimum atomic E-state index is -1.42. The van der Waals surface area contributed by atoms with Crippen molar-refractivity contribution in [2.24, 2.45) is 0 Å². The van der Waals surface area contributed by atoms with Crippen molar-refractivity contribution in [3.8, 4) is 0 Å². The molecule has 1 fully saturated rings. The Kier molecular flexibility index (Phi) is 3.37. The Morgan fingerprint density at radius 2 is 2.18 bits per heavy atom. The molecule has 2 aromatic heterocycles. The van der Waals surface area contributed by atoms with Crippen LogP contribution in [0.25, 0.3) is 11.2 Å². The van der Waals surface area contributed by atoms with Gasteiger partial charge in [0.1, 0.15) is 24.6 Å². The van der Waals surface area contributed by atoms with Crippen LogP contribution < -0.4 is 5.56 Å². The quantitative estimate of drug-likeness (QED) is 0.356. The molecular formula is C10H11N5O7. The summed E-state index contributed by atoms with van der Waals surface area (Å²) in [6.07, 6.45) is -3.89. The molecule has 4 atom stereocenters. The highest BCUT2D eigenvalue weighted by Crippen LogP contribution is 2.30. The standard InChI is InChI=1S/C10H11N5O7/c16-1-3-5(17)6(18)9(22-3)14-2-11-4-7(14)12-10(15(20)21)13-8(4)19/h2-3,5-6,9,16-18H,1H2,(H,12,13,19)/t3-,5?,6?,9-/m1/s1. The SMILES string of the molecule is O=c1[nH]c([N+](=O)[O-])nc2c1ncn2[C@@H]1O[C@H](CO)C(O)C1O. The van der Waals surface area contributed by atoms with Crippen LogP contribution in [-0.4, -0.2) is 64.7 Å². The van der Waals surface area contributed by atoms with Crippen molar-refractivity contribution in [2.75, 3.05) is 6.61 Å². The van der Waals surface area contributed by atoms with Crippen molar-refractivity contribution in [3.05, 3.63) is 26.8 Å². The summed E-state index contributed by atoms with van der Waals surface area (Å²) < 4.78 is 6.38. The van der Waals surface area contributed by atoms with E-state index in [-0.39, 0.29) is 11.2 Å². The highest BCUT2D eigenvalue weighted by molar-refractivity contribution is 5.70. The molecule has 1 aliphatic heterocycles. The van der Waals surface area contributed by atoms with Gasteiger partial charge in [-0.1, -0.05) is 0 Å². The maximum atomic E-state index is 11.7. The predicted octanol–water partition coefficient (Wildman–Crippen LogP) is -2.36. The summed E-state index contributed by atoms with van der Waals surface area (Å²) >= 11 is 0. The predicted molar refractivity (Wildman–Crippen MR) is 67.8 cm³/mol. The summed E-state index contributed by atoms with van der Waals surface area (Å²) in [7, 11) is 0. The number of hydrogen-bond donors (Lipinski definition) is 4. The Morgan fingerprint density at radius 3 is 2.77 bits per heavy atom. The zero-order valence-electron chi connectivity index (χ0n) is 10.9. The van der Waals surface area contributed by atoms with Crippen LogP contribution >= 0.6 is 0 Å². The van der Waals surface area contributed by atoms with E-state index in [1.54, 1.807) is 0 Å². The topological polar surface area (TPSA) is 177 Å². The number of fused-ring (bicyclic) bond motifs is 1. The molecule has 2 aromatic rings. The van der Waals surface area contributed by atoms with Crippen LogP contribution in [0.15, 0.2) is 11.1 Å². The third-order valence-corrected chi connectivity index (χ3v) is 3.38. The van der Waals surface area contributed by atoms with Gasteiger partial charge in [0.2, 0.25) is 11.2 Å². The van der Waals surface area contributed by atoms with E-state index in [9.17, 15) is 25.1 Å². The van der Waals surface area contributed by atoms with Gasteiger partial charge in [0.25, 0.3) is 0 Å². The number of imidazole rings is 1. The normalized spacial score (nSPS) is 28.3. The summed E-state index contributed by atoms with van der Waals surface area (Å²) in [4.78, 5) is 31.0. The van der Waals surface area contributed by atoms with E-state index in [0.29, 0.717) is 0 Å². The van der Waals surface area contributed by atoms with Gasteiger partial charge in [0.05, 0.1) is 6.61 Å². The van der Waals surface area contributed by atoms with Crippen molar-refractivity contribution in [1.82, 2.24) is 19.5 Å². The van der Waals surface area contributed by atoms with Gasteiger partial charge >= 0.3 is 11.5 Å². The monoisotopic (exact) mass is 313 g/mol. The van der Waals surface area contributed by atoms with Gasteiger partial charge in [0, 0.05) is 0 Å². The van der Waals surface area contributed by atoms with Gasteiger partial charge in [-0.15, -0.1) is 0 Å². The lowest BCUT2D eigenvalue weighted by atomic mass is 10.1. The number of nitro groups is 1. The molecule has 1 aliphatic rings. The average Bonchev–Trinajstić information content (AvgIpc) is 3.02. The minimum Gasteiger partial charge on any atom is -0.394 e. The Bertz CT molecular complexity index is 786. The first kappa shape index (κ1) is 14.5. The molecule has 0 radical (unpaired) electrons. The Balaban J connectivity index is 2.12. The number of hydrogen-bond acceptors (Lipinski definition) is 9. The second-order valence-electron chi connectivity index (χ2n) is 4.70. The molecular weight excluding hydrogens is 302 g/mol. The fraction of sp³-hybridized carbons (Fsp3) is 0.500. The van der Waals surface area contributed by atoms with Gasteiger partial charge in [0.15, 0.2) is 6.23 Å². The fourth-order valence-electron chi connectivity index (χ4n) is 2.30. The highest BCUT2D eigenvalue weighted by atomic mass is 16.6. The number of H-pyrrole nitrogens is 1. The third kappa shape index (κ3) is 2.05. The Hall–Kier alpha value is -2.41. The van der Waals surface area contributed by atoms with Gasteiger partial charge in [-0.25, -0.2) is 14.8 Å². The van der Waals surface area contributed by atoms with Gasteiger partial charge in [-0.3, -0.25) is 4.57 Å². The molecule has 0 saturated carbocycles. The van der Waals surface area contributed by atoms with Crippen LogP contribution in [0.4, 0.5) is 5.95 Å². The Labute approximate surface area is 120 Å². The molecule has 0 aromatic carbocycles. The van der Waals surface area contributed by atoms with Crippen molar-refractivity contribution >= 4 is 17.1 Å². The molecule has 1 saturated heterocycles. The Morgan fingerprint density at radius 1 is 1.45 bits per heavy atom. The fourth-order valence-corrected chi connectivity index (χ4v) is 2.30. The van der Waals surface area contributed by atoms with Crippen LogP contribution in [0.1, 0.15) is 6.23 Å². The van der Waals surface area contributed by atoms with E-state index in [1.165, 1.54) is 0 Å². The van der Waals surface area contributed by atoms with Crippen molar-refractivity contribution in [3.63, 3.8) is 0 Å². The molecule has 3 heterocycles. The summed E-state index contributed by atoms with van der Waals surface area (Å²) in [5.41, 5.74) is -1.17. The summed E-state index contributed by atoms with van der Waals surface area (Å²) in [6.45, 7) is -0.532. The third-order valence-electron chi connectivity index (χ3n) is 3.38. The van der Waals surface area contributed by atoms with E-state index < -0.39 is 47.6 Å². The molecule has 22 heavy (non-hydrogen) atoms. The first-order valence-corrected chi connectivity index (χ1v) is 6.17. The van der Waals surface area contributed by atoms with Crippen LogP contribution in [0.3, 0.4) is 0 Å². The van der Waals surface area contributed by atoms with Crippen LogP contribution in [0, 0.1) is 10.1 Å². The highest BCUT2D eigenvalue weighted by Gasteiger charge is 2.44. The molecule has 0 bridgehead atoms. The molecule has 12 heteroatoms. The largest absolute Gasteiger partial charge is 0.437 e. The van der Waals surface area contributed by atoms with E-state index in [2.05, 4.69) is 9.97 Å². The molecule has 4 N–H and O–H groups in total. The zero-order valence-corrected chi connectivity index (χ0v) is 10.9. The number of rotatable bonds is 3.